The van der Waals surface area contributed by atoms with Crippen LogP contribution in [0.3, 0.4) is 0 Å². The zero-order valence-electron chi connectivity index (χ0n) is 12.7. The molecule has 0 amide bonds. The summed E-state index contributed by atoms with van der Waals surface area (Å²) in [6.45, 7) is 0.101. The largest absolute Gasteiger partial charge is 0.480 e. The van der Waals surface area contributed by atoms with Crippen molar-refractivity contribution in [3.63, 3.8) is 0 Å². The summed E-state index contributed by atoms with van der Waals surface area (Å²) in [5, 5.41) is 9.14. The second kappa shape index (κ2) is 6.19. The molecule has 0 radical (unpaired) electrons. The van der Waals surface area contributed by atoms with Gasteiger partial charge in [0.2, 0.25) is 20.0 Å². The van der Waals surface area contributed by atoms with Crippen LogP contribution in [0.5, 0.6) is 0 Å². The van der Waals surface area contributed by atoms with Gasteiger partial charge in [-0.3, -0.25) is 4.79 Å². The molecule has 10 heteroatoms. The predicted octanol–water partition coefficient (Wildman–Crippen LogP) is 0.175. The van der Waals surface area contributed by atoms with Gasteiger partial charge in [-0.25, -0.2) is 21.1 Å². The topological polar surface area (TPSA) is 112 Å². The maximum Gasteiger partial charge on any atom is 0.322 e. The Kier molecular flexibility index (Phi) is 4.81. The minimum absolute atomic E-state index is 0.101. The third-order valence-corrected chi connectivity index (χ3v) is 7.39. The normalized spacial score (nSPS) is 20.0. The van der Waals surface area contributed by atoms with Crippen molar-refractivity contribution >= 4 is 26.0 Å². The monoisotopic (exact) mass is 362 g/mol. The van der Waals surface area contributed by atoms with E-state index in [4.69, 9.17) is 5.11 Å². The molecule has 1 aromatic carbocycles. The van der Waals surface area contributed by atoms with Crippen molar-refractivity contribution in [2.45, 2.75) is 28.7 Å². The number of carboxylic acids is 1. The Morgan fingerprint density at radius 2 is 1.83 bits per heavy atom. The first-order valence-electron chi connectivity index (χ1n) is 6.85. The van der Waals surface area contributed by atoms with Crippen molar-refractivity contribution < 1.29 is 26.7 Å². The van der Waals surface area contributed by atoms with Gasteiger partial charge in [0.1, 0.15) is 6.04 Å². The number of sulfonamides is 2. The summed E-state index contributed by atoms with van der Waals surface area (Å²) in [4.78, 5) is 10.8. The van der Waals surface area contributed by atoms with E-state index in [0.717, 1.165) is 14.7 Å². The van der Waals surface area contributed by atoms with Crippen LogP contribution in [0.25, 0.3) is 0 Å². The minimum Gasteiger partial charge on any atom is -0.480 e. The summed E-state index contributed by atoms with van der Waals surface area (Å²) >= 11 is 0. The second-order valence-electron chi connectivity index (χ2n) is 5.37. The standard InChI is InChI=1S/C13H18N2O6S2/c1-14(2)22(18,19)10-5-3-6-11(9-10)23(20,21)15-8-4-7-12(15)13(16)17/h3,5-6,9,12H,4,7-8H2,1-2H3,(H,16,17)/t12-/m0/s1. The molecule has 1 saturated heterocycles. The Morgan fingerprint density at radius 1 is 1.22 bits per heavy atom. The van der Waals surface area contributed by atoms with Crippen LogP contribution in [0.2, 0.25) is 0 Å². The number of hydrogen-bond donors (Lipinski definition) is 1. The molecule has 0 bridgehead atoms. The number of carboxylic acid groups (broad SMARTS) is 1. The van der Waals surface area contributed by atoms with E-state index in [9.17, 15) is 21.6 Å². The highest BCUT2D eigenvalue weighted by Crippen LogP contribution is 2.27. The molecule has 1 aliphatic heterocycles. The maximum absolute atomic E-state index is 12.7. The van der Waals surface area contributed by atoms with Gasteiger partial charge in [0.25, 0.3) is 0 Å². The summed E-state index contributed by atoms with van der Waals surface area (Å²) in [7, 11) is -5.16. The average Bonchev–Trinajstić information content (AvgIpc) is 2.97. The Bertz CT molecular complexity index is 817. The van der Waals surface area contributed by atoms with Gasteiger partial charge in [0.05, 0.1) is 9.79 Å². The van der Waals surface area contributed by atoms with E-state index >= 15 is 0 Å². The maximum atomic E-state index is 12.7. The van der Waals surface area contributed by atoms with Crippen LogP contribution in [0.4, 0.5) is 0 Å². The third kappa shape index (κ3) is 3.25. The number of benzene rings is 1. The van der Waals surface area contributed by atoms with E-state index in [-0.39, 0.29) is 22.8 Å². The van der Waals surface area contributed by atoms with Crippen molar-refractivity contribution in [2.24, 2.45) is 0 Å². The van der Waals surface area contributed by atoms with Crippen LogP contribution in [-0.2, 0) is 24.8 Å². The fourth-order valence-corrected chi connectivity index (χ4v) is 5.14. The van der Waals surface area contributed by atoms with Gasteiger partial charge >= 0.3 is 5.97 Å². The van der Waals surface area contributed by atoms with Crippen LogP contribution >= 0.6 is 0 Å². The lowest BCUT2D eigenvalue weighted by Crippen LogP contribution is -2.40. The fraction of sp³-hybridized carbons (Fsp3) is 0.462. The van der Waals surface area contributed by atoms with Crippen molar-refractivity contribution in [1.82, 2.24) is 8.61 Å². The van der Waals surface area contributed by atoms with Gasteiger partial charge in [-0.15, -0.1) is 0 Å². The van der Waals surface area contributed by atoms with Crippen LogP contribution in [0, 0.1) is 0 Å². The summed E-state index contributed by atoms with van der Waals surface area (Å²) in [6, 6.07) is 3.83. The summed E-state index contributed by atoms with van der Waals surface area (Å²) in [5.41, 5.74) is 0. The lowest BCUT2D eigenvalue weighted by Gasteiger charge is -2.21. The summed E-state index contributed by atoms with van der Waals surface area (Å²) in [5.74, 6) is -1.21. The van der Waals surface area contributed by atoms with Gasteiger partial charge in [-0.05, 0) is 31.0 Å². The molecule has 0 aromatic heterocycles. The Morgan fingerprint density at radius 3 is 2.39 bits per heavy atom. The smallest absolute Gasteiger partial charge is 0.322 e. The molecule has 1 atom stereocenters. The van der Waals surface area contributed by atoms with Crippen LogP contribution in [0.15, 0.2) is 34.1 Å². The SMILES string of the molecule is CN(C)S(=O)(=O)c1cccc(S(=O)(=O)N2CCC[C@H]2C(=O)O)c1. The Balaban J connectivity index is 2.48. The van der Waals surface area contributed by atoms with E-state index in [1.54, 1.807) is 0 Å². The third-order valence-electron chi connectivity index (χ3n) is 3.68. The molecular weight excluding hydrogens is 344 g/mol. The molecule has 1 N–H and O–H groups in total. The van der Waals surface area contributed by atoms with Gasteiger partial charge in [-0.2, -0.15) is 4.31 Å². The fourth-order valence-electron chi connectivity index (χ4n) is 2.42. The zero-order valence-corrected chi connectivity index (χ0v) is 14.3. The van der Waals surface area contributed by atoms with Crippen LogP contribution < -0.4 is 0 Å². The number of carbonyl (C=O) groups is 1. The van der Waals surface area contributed by atoms with Gasteiger partial charge in [0, 0.05) is 20.6 Å². The molecule has 0 unspecified atom stereocenters. The lowest BCUT2D eigenvalue weighted by molar-refractivity contribution is -0.140. The van der Waals surface area contributed by atoms with Crippen molar-refractivity contribution in [3.05, 3.63) is 24.3 Å². The van der Waals surface area contributed by atoms with Gasteiger partial charge in [0.15, 0.2) is 0 Å². The quantitative estimate of drug-likeness (QED) is 0.799. The first-order chi connectivity index (χ1) is 10.6. The minimum atomic E-state index is -4.07. The van der Waals surface area contributed by atoms with Crippen molar-refractivity contribution in [1.29, 1.82) is 0 Å². The van der Waals surface area contributed by atoms with Gasteiger partial charge < -0.3 is 5.11 Å². The van der Waals surface area contributed by atoms with Crippen molar-refractivity contribution in [3.8, 4) is 0 Å². The van der Waals surface area contributed by atoms with E-state index in [1.807, 2.05) is 0 Å². The highest BCUT2D eigenvalue weighted by molar-refractivity contribution is 7.90. The van der Waals surface area contributed by atoms with E-state index < -0.39 is 32.1 Å². The number of hydrogen-bond acceptors (Lipinski definition) is 5. The molecule has 1 aliphatic rings. The second-order valence-corrected chi connectivity index (χ2v) is 9.42. The van der Waals surface area contributed by atoms with Crippen LogP contribution in [-0.4, -0.2) is 63.2 Å². The first kappa shape index (κ1) is 17.9. The molecule has 2 rings (SSSR count). The molecule has 1 heterocycles. The Labute approximate surface area is 135 Å². The molecule has 1 aromatic rings. The molecule has 0 spiro atoms. The van der Waals surface area contributed by atoms with Crippen LogP contribution in [0.1, 0.15) is 12.8 Å². The van der Waals surface area contributed by atoms with E-state index in [0.29, 0.717) is 6.42 Å². The molecule has 8 nitrogen and oxygen atoms in total. The highest BCUT2D eigenvalue weighted by Gasteiger charge is 2.39. The molecule has 23 heavy (non-hydrogen) atoms. The average molecular weight is 362 g/mol. The van der Waals surface area contributed by atoms with Gasteiger partial charge in [-0.1, -0.05) is 6.07 Å². The first-order valence-corrected chi connectivity index (χ1v) is 9.74. The van der Waals surface area contributed by atoms with E-state index in [1.165, 1.54) is 32.3 Å². The number of rotatable bonds is 5. The summed E-state index contributed by atoms with van der Waals surface area (Å²) < 4.78 is 51.5. The number of nitrogens with zero attached hydrogens (tertiary/aromatic N) is 2. The van der Waals surface area contributed by atoms with E-state index in [2.05, 4.69) is 0 Å². The molecular formula is C13H18N2O6S2. The molecule has 1 fully saturated rings. The summed E-state index contributed by atoms with van der Waals surface area (Å²) in [6.07, 6.45) is 0.691. The molecule has 0 saturated carbocycles. The zero-order chi connectivity index (χ0) is 17.4. The predicted molar refractivity (Wildman–Crippen MR) is 81.9 cm³/mol. The lowest BCUT2D eigenvalue weighted by atomic mass is 10.2. The highest BCUT2D eigenvalue weighted by atomic mass is 32.2. The molecule has 0 aliphatic carbocycles. The number of aliphatic carboxylic acids is 1. The Hall–Kier alpha value is -1.49. The molecule has 128 valence electrons. The van der Waals surface area contributed by atoms with Crippen molar-refractivity contribution in [2.75, 3.05) is 20.6 Å².